The first kappa shape index (κ1) is 11.6. The van der Waals surface area contributed by atoms with E-state index in [1.807, 2.05) is 6.92 Å². The van der Waals surface area contributed by atoms with Crippen molar-refractivity contribution in [2.75, 3.05) is 5.32 Å². The van der Waals surface area contributed by atoms with E-state index in [2.05, 4.69) is 21.3 Å². The zero-order valence-corrected chi connectivity index (χ0v) is 9.25. The van der Waals surface area contributed by atoms with Crippen LogP contribution >= 0.6 is 11.5 Å². The average molecular weight is 227 g/mol. The van der Waals surface area contributed by atoms with Gasteiger partial charge in [0, 0.05) is 18.0 Å². The minimum Gasteiger partial charge on any atom is -0.480 e. The maximum atomic E-state index is 10.8. The van der Waals surface area contributed by atoms with Gasteiger partial charge < -0.3 is 10.4 Å². The number of rotatable bonds is 6. The number of aryl methyl sites for hydroxylation is 1. The number of carbonyl (C=O) groups is 1. The molecule has 0 aromatic carbocycles. The second-order valence-electron chi connectivity index (χ2n) is 2.93. The molecule has 0 fully saturated rings. The molecule has 0 saturated carbocycles. The maximum absolute atomic E-state index is 10.8. The molecule has 0 aliphatic carbocycles. The lowest BCUT2D eigenvalue weighted by Crippen LogP contribution is -2.28. The minimum absolute atomic E-state index is 0.358. The van der Waals surface area contributed by atoms with Gasteiger partial charge in [-0.05, 0) is 6.42 Å². The summed E-state index contributed by atoms with van der Waals surface area (Å²) < 4.78 is 4.06. The van der Waals surface area contributed by atoms with Gasteiger partial charge in [-0.2, -0.15) is 4.37 Å². The highest BCUT2D eigenvalue weighted by Gasteiger charge is 2.16. The molecule has 1 heterocycles. The Morgan fingerprint density at radius 3 is 3.00 bits per heavy atom. The van der Waals surface area contributed by atoms with E-state index in [9.17, 15) is 4.79 Å². The van der Waals surface area contributed by atoms with Crippen LogP contribution in [-0.4, -0.2) is 26.5 Å². The third-order valence-electron chi connectivity index (χ3n) is 1.78. The summed E-state index contributed by atoms with van der Waals surface area (Å²) in [7, 11) is 0. The van der Waals surface area contributed by atoms with Gasteiger partial charge in [0.15, 0.2) is 0 Å². The number of hydrogen-bond acceptors (Lipinski definition) is 5. The van der Waals surface area contributed by atoms with Crippen LogP contribution in [-0.2, 0) is 11.2 Å². The lowest BCUT2D eigenvalue weighted by molar-refractivity contribution is -0.137. The van der Waals surface area contributed by atoms with Gasteiger partial charge in [-0.25, -0.2) is 9.78 Å². The SMILES string of the molecule is C=CCC(Nc1nc(CC)ns1)C(=O)O. The van der Waals surface area contributed by atoms with Gasteiger partial charge in [0.25, 0.3) is 0 Å². The van der Waals surface area contributed by atoms with Crippen molar-refractivity contribution in [1.29, 1.82) is 0 Å². The predicted molar refractivity (Wildman–Crippen MR) is 59.1 cm³/mol. The first-order valence-electron chi connectivity index (χ1n) is 4.60. The molecule has 5 nitrogen and oxygen atoms in total. The summed E-state index contributed by atoms with van der Waals surface area (Å²) in [5.41, 5.74) is 0. The van der Waals surface area contributed by atoms with Crippen LogP contribution in [0.2, 0.25) is 0 Å². The second-order valence-corrected chi connectivity index (χ2v) is 3.68. The highest BCUT2D eigenvalue weighted by Crippen LogP contribution is 2.13. The lowest BCUT2D eigenvalue weighted by Gasteiger charge is -2.09. The third kappa shape index (κ3) is 3.32. The summed E-state index contributed by atoms with van der Waals surface area (Å²) in [5.74, 6) is -0.187. The Morgan fingerprint density at radius 1 is 1.80 bits per heavy atom. The van der Waals surface area contributed by atoms with Gasteiger partial charge in [0.05, 0.1) is 0 Å². The van der Waals surface area contributed by atoms with Crippen LogP contribution in [0.3, 0.4) is 0 Å². The van der Waals surface area contributed by atoms with E-state index in [4.69, 9.17) is 5.11 Å². The summed E-state index contributed by atoms with van der Waals surface area (Å²) in [6.45, 7) is 5.46. The van der Waals surface area contributed by atoms with Gasteiger partial charge >= 0.3 is 5.97 Å². The molecule has 1 unspecified atom stereocenters. The van der Waals surface area contributed by atoms with E-state index in [-0.39, 0.29) is 0 Å². The van der Waals surface area contributed by atoms with Crippen molar-refractivity contribution in [1.82, 2.24) is 9.36 Å². The molecular formula is C9H13N3O2S. The highest BCUT2D eigenvalue weighted by molar-refractivity contribution is 7.09. The molecule has 1 aromatic rings. The molecule has 0 aliphatic heterocycles. The third-order valence-corrected chi connectivity index (χ3v) is 2.47. The van der Waals surface area contributed by atoms with Crippen LogP contribution in [0.4, 0.5) is 5.13 Å². The van der Waals surface area contributed by atoms with Crippen molar-refractivity contribution >= 4 is 22.6 Å². The maximum Gasteiger partial charge on any atom is 0.326 e. The van der Waals surface area contributed by atoms with E-state index in [1.165, 1.54) is 11.5 Å². The van der Waals surface area contributed by atoms with Crippen molar-refractivity contribution in [3.63, 3.8) is 0 Å². The van der Waals surface area contributed by atoms with Gasteiger partial charge in [-0.3, -0.25) is 0 Å². The standard InChI is InChI=1S/C9H13N3O2S/c1-3-5-6(8(13)14)10-9-11-7(4-2)12-15-9/h3,6H,1,4-5H2,2H3,(H,13,14)(H,10,11,12). The van der Waals surface area contributed by atoms with Crippen molar-refractivity contribution < 1.29 is 9.90 Å². The van der Waals surface area contributed by atoms with Crippen LogP contribution < -0.4 is 5.32 Å². The molecule has 6 heteroatoms. The number of carboxylic acid groups (broad SMARTS) is 1. The van der Waals surface area contributed by atoms with Gasteiger partial charge in [0.1, 0.15) is 11.9 Å². The van der Waals surface area contributed by atoms with Crippen LogP contribution in [0.25, 0.3) is 0 Å². The van der Waals surface area contributed by atoms with E-state index in [1.54, 1.807) is 6.08 Å². The fourth-order valence-corrected chi connectivity index (χ4v) is 1.70. The minimum atomic E-state index is -0.914. The molecule has 1 atom stereocenters. The molecule has 1 rings (SSSR count). The molecule has 0 bridgehead atoms. The Balaban J connectivity index is 2.64. The monoisotopic (exact) mass is 227 g/mol. The lowest BCUT2D eigenvalue weighted by atomic mass is 10.2. The number of anilines is 1. The molecular weight excluding hydrogens is 214 g/mol. The van der Waals surface area contributed by atoms with Crippen molar-refractivity contribution in [2.24, 2.45) is 0 Å². The largest absolute Gasteiger partial charge is 0.480 e. The summed E-state index contributed by atoms with van der Waals surface area (Å²) in [6.07, 6.45) is 2.67. The summed E-state index contributed by atoms with van der Waals surface area (Å²) in [5, 5.41) is 12.2. The van der Waals surface area contributed by atoms with Gasteiger partial charge in [-0.15, -0.1) is 6.58 Å². The van der Waals surface area contributed by atoms with E-state index in [0.717, 1.165) is 12.2 Å². The molecule has 0 amide bonds. The van der Waals surface area contributed by atoms with Gasteiger partial charge in [0.2, 0.25) is 5.13 Å². The van der Waals surface area contributed by atoms with E-state index in [0.29, 0.717) is 11.6 Å². The molecule has 82 valence electrons. The molecule has 0 saturated heterocycles. The molecule has 0 aliphatic rings. The number of nitrogens with one attached hydrogen (secondary N) is 1. The van der Waals surface area contributed by atoms with Crippen LogP contribution in [0.5, 0.6) is 0 Å². The normalized spacial score (nSPS) is 12.1. The fourth-order valence-electron chi connectivity index (χ4n) is 0.993. The number of aromatic nitrogens is 2. The number of carboxylic acids is 1. The predicted octanol–water partition coefficient (Wildman–Crippen LogP) is 1.54. The fraction of sp³-hybridized carbons (Fsp3) is 0.444. The summed E-state index contributed by atoms with van der Waals surface area (Å²) >= 11 is 1.18. The first-order valence-corrected chi connectivity index (χ1v) is 5.37. The first-order chi connectivity index (χ1) is 7.17. The highest BCUT2D eigenvalue weighted by atomic mass is 32.1. The van der Waals surface area contributed by atoms with Crippen molar-refractivity contribution in [3.05, 3.63) is 18.5 Å². The molecule has 0 radical (unpaired) electrons. The Bertz CT molecular complexity index is 351. The molecule has 1 aromatic heterocycles. The smallest absolute Gasteiger partial charge is 0.326 e. The Kier molecular flexibility index (Phi) is 4.23. The summed E-state index contributed by atoms with van der Waals surface area (Å²) in [6, 6.07) is -0.680. The second kappa shape index (κ2) is 5.45. The Labute approximate surface area is 92.0 Å². The quantitative estimate of drug-likeness (QED) is 0.721. The Morgan fingerprint density at radius 2 is 2.53 bits per heavy atom. The van der Waals surface area contributed by atoms with E-state index < -0.39 is 12.0 Å². The van der Waals surface area contributed by atoms with Crippen LogP contribution in [0.1, 0.15) is 19.2 Å². The van der Waals surface area contributed by atoms with Crippen molar-refractivity contribution in [3.8, 4) is 0 Å². The number of aliphatic carboxylic acids is 1. The number of nitrogens with zero attached hydrogens (tertiary/aromatic N) is 2. The van der Waals surface area contributed by atoms with Crippen molar-refractivity contribution in [2.45, 2.75) is 25.8 Å². The Hall–Kier alpha value is -1.43. The van der Waals surface area contributed by atoms with E-state index >= 15 is 0 Å². The average Bonchev–Trinajstić information content (AvgIpc) is 2.65. The zero-order valence-electron chi connectivity index (χ0n) is 8.43. The number of hydrogen-bond donors (Lipinski definition) is 2. The molecule has 2 N–H and O–H groups in total. The molecule has 0 spiro atoms. The van der Waals surface area contributed by atoms with Crippen LogP contribution in [0.15, 0.2) is 12.7 Å². The van der Waals surface area contributed by atoms with Gasteiger partial charge in [-0.1, -0.05) is 13.0 Å². The summed E-state index contributed by atoms with van der Waals surface area (Å²) in [4.78, 5) is 14.9. The van der Waals surface area contributed by atoms with Crippen LogP contribution in [0, 0.1) is 0 Å². The topological polar surface area (TPSA) is 75.1 Å². The zero-order chi connectivity index (χ0) is 11.3. The molecule has 15 heavy (non-hydrogen) atoms.